The first-order valence-corrected chi connectivity index (χ1v) is 8.28. The Morgan fingerprint density at radius 2 is 1.90 bits per heavy atom. The number of nitrogens with one attached hydrogen (secondary N) is 1. The molecule has 0 spiro atoms. The van der Waals surface area contributed by atoms with Crippen LogP contribution in [0.25, 0.3) is 10.9 Å². The summed E-state index contributed by atoms with van der Waals surface area (Å²) in [6, 6.07) is 16.4. The summed E-state index contributed by atoms with van der Waals surface area (Å²) in [7, 11) is 0. The molecule has 4 heteroatoms. The molecule has 0 aliphatic carbocycles. The van der Waals surface area contributed by atoms with Gasteiger partial charge in [0, 0.05) is 28.7 Å². The van der Waals surface area contributed by atoms with Crippen molar-refractivity contribution in [1.82, 2.24) is 4.98 Å². The number of thioether (sulfide) groups is 1. The normalized spacial score (nSPS) is 10.8. The van der Waals surface area contributed by atoms with Gasteiger partial charge in [0.1, 0.15) is 0 Å². The van der Waals surface area contributed by atoms with Crippen molar-refractivity contribution in [3.05, 3.63) is 65.3 Å². The highest BCUT2D eigenvalue weighted by Crippen LogP contribution is 2.28. The van der Waals surface area contributed by atoms with Gasteiger partial charge >= 0.3 is 0 Å². The van der Waals surface area contributed by atoms with Crippen LogP contribution in [0.2, 0.25) is 5.02 Å². The zero-order chi connectivity index (χ0) is 14.7. The van der Waals surface area contributed by atoms with Gasteiger partial charge in [0.25, 0.3) is 0 Å². The van der Waals surface area contributed by atoms with E-state index in [9.17, 15) is 0 Å². The molecule has 0 fully saturated rings. The molecular formula is C17H15ClN2S. The number of fused-ring (bicyclic) bond motifs is 1. The molecule has 0 radical (unpaired) electrons. The van der Waals surface area contributed by atoms with E-state index >= 15 is 0 Å². The van der Waals surface area contributed by atoms with Crippen LogP contribution < -0.4 is 5.32 Å². The van der Waals surface area contributed by atoms with Crippen LogP contribution in [-0.4, -0.2) is 11.2 Å². The van der Waals surface area contributed by atoms with E-state index in [1.165, 1.54) is 10.5 Å². The minimum atomic E-state index is 0.681. The van der Waals surface area contributed by atoms with Crippen LogP contribution in [0.3, 0.4) is 0 Å². The number of hydrogen-bond donors (Lipinski definition) is 1. The maximum atomic E-state index is 6.19. The number of halogens is 1. The van der Waals surface area contributed by atoms with E-state index in [1.807, 2.05) is 24.3 Å². The zero-order valence-corrected chi connectivity index (χ0v) is 13.2. The van der Waals surface area contributed by atoms with E-state index in [1.54, 1.807) is 18.0 Å². The third-order valence-corrected chi connectivity index (χ3v) is 4.41. The third kappa shape index (κ3) is 3.14. The predicted molar refractivity (Wildman–Crippen MR) is 92.3 cm³/mol. The molecule has 0 bridgehead atoms. The Hall–Kier alpha value is -1.71. The quantitative estimate of drug-likeness (QED) is 0.668. The van der Waals surface area contributed by atoms with Gasteiger partial charge in [0.15, 0.2) is 0 Å². The summed E-state index contributed by atoms with van der Waals surface area (Å²) in [5.74, 6) is 0. The standard InChI is InChI=1S/C17H15ClN2S/c1-21-13-6-4-12(5-7-13)11-20-16-9-8-15(18)17-14(16)3-2-10-19-17/h2-10,20H,11H2,1H3. The Morgan fingerprint density at radius 1 is 1.10 bits per heavy atom. The molecular weight excluding hydrogens is 300 g/mol. The van der Waals surface area contributed by atoms with Crippen LogP contribution in [0, 0.1) is 0 Å². The molecule has 0 amide bonds. The van der Waals surface area contributed by atoms with E-state index in [4.69, 9.17) is 11.6 Å². The van der Waals surface area contributed by atoms with Gasteiger partial charge in [0.05, 0.1) is 10.5 Å². The zero-order valence-electron chi connectivity index (χ0n) is 11.6. The highest BCUT2D eigenvalue weighted by Gasteiger charge is 2.05. The third-order valence-electron chi connectivity index (χ3n) is 3.36. The molecule has 0 saturated carbocycles. The molecule has 0 atom stereocenters. The number of pyridine rings is 1. The summed E-state index contributed by atoms with van der Waals surface area (Å²) < 4.78 is 0. The molecule has 1 heterocycles. The Bertz CT molecular complexity index is 756. The fraction of sp³-hybridized carbons (Fsp3) is 0.118. The fourth-order valence-corrected chi connectivity index (χ4v) is 2.85. The van der Waals surface area contributed by atoms with Gasteiger partial charge in [-0.1, -0.05) is 23.7 Å². The van der Waals surface area contributed by atoms with Crippen molar-refractivity contribution >= 4 is 40.0 Å². The van der Waals surface area contributed by atoms with Crippen molar-refractivity contribution in [2.24, 2.45) is 0 Å². The second kappa shape index (κ2) is 6.37. The lowest BCUT2D eigenvalue weighted by Crippen LogP contribution is -2.00. The van der Waals surface area contributed by atoms with E-state index in [0.29, 0.717) is 5.02 Å². The van der Waals surface area contributed by atoms with Crippen molar-refractivity contribution in [1.29, 1.82) is 0 Å². The summed E-state index contributed by atoms with van der Waals surface area (Å²) in [5, 5.41) is 5.19. The van der Waals surface area contributed by atoms with Gasteiger partial charge in [-0.25, -0.2) is 0 Å². The number of anilines is 1. The predicted octanol–water partition coefficient (Wildman–Crippen LogP) is 5.22. The molecule has 2 aromatic carbocycles. The monoisotopic (exact) mass is 314 g/mol. The smallest absolute Gasteiger partial charge is 0.0908 e. The Labute approximate surface area is 133 Å². The second-order valence-electron chi connectivity index (χ2n) is 4.70. The average Bonchev–Trinajstić information content (AvgIpc) is 2.55. The van der Waals surface area contributed by atoms with Crippen LogP contribution in [0.15, 0.2) is 59.6 Å². The molecule has 0 unspecified atom stereocenters. The minimum absolute atomic E-state index is 0.681. The first-order chi connectivity index (χ1) is 10.3. The average molecular weight is 315 g/mol. The van der Waals surface area contributed by atoms with Gasteiger partial charge in [-0.2, -0.15) is 0 Å². The summed E-state index contributed by atoms with van der Waals surface area (Å²) in [6.45, 7) is 0.778. The molecule has 0 saturated heterocycles. The van der Waals surface area contributed by atoms with Gasteiger partial charge in [-0.3, -0.25) is 4.98 Å². The summed E-state index contributed by atoms with van der Waals surface area (Å²) in [5.41, 5.74) is 3.14. The maximum absolute atomic E-state index is 6.19. The van der Waals surface area contributed by atoms with Gasteiger partial charge in [-0.05, 0) is 48.2 Å². The summed E-state index contributed by atoms with van der Waals surface area (Å²) >= 11 is 7.94. The lowest BCUT2D eigenvalue weighted by molar-refractivity contribution is 1.14. The highest BCUT2D eigenvalue weighted by atomic mass is 35.5. The first kappa shape index (κ1) is 14.2. The Balaban J connectivity index is 1.83. The molecule has 0 aliphatic heterocycles. The number of nitrogens with zero attached hydrogens (tertiary/aromatic N) is 1. The molecule has 1 N–H and O–H groups in total. The van der Waals surface area contributed by atoms with Gasteiger partial charge < -0.3 is 5.32 Å². The molecule has 3 rings (SSSR count). The topological polar surface area (TPSA) is 24.9 Å². The van der Waals surface area contributed by atoms with E-state index < -0.39 is 0 Å². The van der Waals surface area contributed by atoms with Crippen molar-refractivity contribution in [2.45, 2.75) is 11.4 Å². The largest absolute Gasteiger partial charge is 0.380 e. The van der Waals surface area contributed by atoms with E-state index in [-0.39, 0.29) is 0 Å². The van der Waals surface area contributed by atoms with Gasteiger partial charge in [0.2, 0.25) is 0 Å². The van der Waals surface area contributed by atoms with Crippen molar-refractivity contribution < 1.29 is 0 Å². The summed E-state index contributed by atoms with van der Waals surface area (Å²) in [6.07, 6.45) is 3.85. The SMILES string of the molecule is CSc1ccc(CNc2ccc(Cl)c3ncccc23)cc1. The molecule has 21 heavy (non-hydrogen) atoms. The van der Waals surface area contributed by atoms with Gasteiger partial charge in [-0.15, -0.1) is 11.8 Å². The van der Waals surface area contributed by atoms with Crippen LogP contribution in [0.4, 0.5) is 5.69 Å². The van der Waals surface area contributed by atoms with Crippen LogP contribution in [-0.2, 0) is 6.54 Å². The van der Waals surface area contributed by atoms with E-state index in [2.05, 4.69) is 40.8 Å². The number of benzene rings is 2. The number of hydrogen-bond acceptors (Lipinski definition) is 3. The van der Waals surface area contributed by atoms with Crippen molar-refractivity contribution in [2.75, 3.05) is 11.6 Å². The second-order valence-corrected chi connectivity index (χ2v) is 5.98. The van der Waals surface area contributed by atoms with Crippen LogP contribution in [0.5, 0.6) is 0 Å². The maximum Gasteiger partial charge on any atom is 0.0908 e. The van der Waals surface area contributed by atoms with Crippen molar-refractivity contribution in [3.63, 3.8) is 0 Å². The lowest BCUT2D eigenvalue weighted by atomic mass is 10.1. The van der Waals surface area contributed by atoms with Crippen LogP contribution in [0.1, 0.15) is 5.56 Å². The van der Waals surface area contributed by atoms with Crippen molar-refractivity contribution in [3.8, 4) is 0 Å². The van der Waals surface area contributed by atoms with E-state index in [0.717, 1.165) is 23.1 Å². The molecule has 106 valence electrons. The van der Waals surface area contributed by atoms with Crippen LogP contribution >= 0.6 is 23.4 Å². The minimum Gasteiger partial charge on any atom is -0.380 e. The Kier molecular flexibility index (Phi) is 4.32. The molecule has 2 nitrogen and oxygen atoms in total. The number of rotatable bonds is 4. The molecule has 1 aromatic heterocycles. The highest BCUT2D eigenvalue weighted by molar-refractivity contribution is 7.98. The fourth-order valence-electron chi connectivity index (χ4n) is 2.23. The summed E-state index contributed by atoms with van der Waals surface area (Å²) in [4.78, 5) is 5.62. The number of aromatic nitrogens is 1. The Morgan fingerprint density at radius 3 is 2.67 bits per heavy atom. The molecule has 3 aromatic rings. The first-order valence-electron chi connectivity index (χ1n) is 6.68. The molecule has 0 aliphatic rings. The lowest BCUT2D eigenvalue weighted by Gasteiger charge is -2.10.